The van der Waals surface area contributed by atoms with Gasteiger partial charge in [0.15, 0.2) is 0 Å². The SMILES string of the molecule is Fc1ccc(-c2nc3ccccc3[nH]2)cc1Br. The number of rotatable bonds is 1. The molecule has 0 saturated carbocycles. The second-order valence-electron chi connectivity index (χ2n) is 3.73. The fourth-order valence-corrected chi connectivity index (χ4v) is 2.11. The maximum absolute atomic E-state index is 13.1. The van der Waals surface area contributed by atoms with Gasteiger partial charge in [-0.05, 0) is 46.3 Å². The molecule has 3 aromatic rings. The lowest BCUT2D eigenvalue weighted by Gasteiger charge is -1.98. The number of fused-ring (bicyclic) bond motifs is 1. The minimum atomic E-state index is -0.273. The Morgan fingerprint density at radius 2 is 1.94 bits per heavy atom. The van der Waals surface area contributed by atoms with E-state index in [-0.39, 0.29) is 5.82 Å². The first-order valence-corrected chi connectivity index (χ1v) is 5.93. The molecule has 3 rings (SSSR count). The Balaban J connectivity index is 2.17. The molecule has 17 heavy (non-hydrogen) atoms. The first-order valence-electron chi connectivity index (χ1n) is 5.14. The van der Waals surface area contributed by atoms with Gasteiger partial charge in [-0.25, -0.2) is 9.37 Å². The molecule has 0 atom stereocenters. The highest BCUT2D eigenvalue weighted by Gasteiger charge is 2.07. The van der Waals surface area contributed by atoms with Crippen LogP contribution in [0.5, 0.6) is 0 Å². The summed E-state index contributed by atoms with van der Waals surface area (Å²) < 4.78 is 13.6. The van der Waals surface area contributed by atoms with Gasteiger partial charge in [0.2, 0.25) is 0 Å². The van der Waals surface area contributed by atoms with Gasteiger partial charge in [-0.2, -0.15) is 0 Å². The van der Waals surface area contributed by atoms with Gasteiger partial charge in [0.1, 0.15) is 11.6 Å². The lowest BCUT2D eigenvalue weighted by Crippen LogP contribution is -1.83. The molecule has 4 heteroatoms. The topological polar surface area (TPSA) is 28.7 Å². The lowest BCUT2D eigenvalue weighted by atomic mass is 10.2. The molecule has 0 spiro atoms. The highest BCUT2D eigenvalue weighted by molar-refractivity contribution is 9.10. The number of imidazole rings is 1. The summed E-state index contributed by atoms with van der Waals surface area (Å²) in [5.74, 6) is 0.469. The summed E-state index contributed by atoms with van der Waals surface area (Å²) in [5, 5.41) is 0. The Bertz CT molecular complexity index is 658. The fourth-order valence-electron chi connectivity index (χ4n) is 1.73. The van der Waals surface area contributed by atoms with Crippen LogP contribution >= 0.6 is 15.9 Å². The predicted molar refractivity (Wildman–Crippen MR) is 69.2 cm³/mol. The molecular formula is C13H8BrFN2. The van der Waals surface area contributed by atoms with Crippen molar-refractivity contribution >= 4 is 27.0 Å². The molecule has 1 N–H and O–H groups in total. The van der Waals surface area contributed by atoms with Crippen LogP contribution in [-0.2, 0) is 0 Å². The van der Waals surface area contributed by atoms with E-state index in [1.54, 1.807) is 12.1 Å². The van der Waals surface area contributed by atoms with Crippen molar-refractivity contribution in [1.82, 2.24) is 9.97 Å². The monoisotopic (exact) mass is 290 g/mol. The van der Waals surface area contributed by atoms with Crippen molar-refractivity contribution in [3.63, 3.8) is 0 Å². The van der Waals surface area contributed by atoms with Gasteiger partial charge < -0.3 is 4.98 Å². The van der Waals surface area contributed by atoms with E-state index in [0.717, 1.165) is 22.4 Å². The normalized spacial score (nSPS) is 10.9. The summed E-state index contributed by atoms with van der Waals surface area (Å²) in [6.07, 6.45) is 0. The molecule has 2 nitrogen and oxygen atoms in total. The molecule has 84 valence electrons. The van der Waals surface area contributed by atoms with Crippen molar-refractivity contribution in [2.75, 3.05) is 0 Å². The number of para-hydroxylation sites is 2. The van der Waals surface area contributed by atoms with Crippen LogP contribution in [0.15, 0.2) is 46.9 Å². The van der Waals surface area contributed by atoms with Gasteiger partial charge >= 0.3 is 0 Å². The molecule has 0 radical (unpaired) electrons. The Kier molecular flexibility index (Phi) is 2.44. The van der Waals surface area contributed by atoms with Crippen LogP contribution in [0.4, 0.5) is 4.39 Å². The predicted octanol–water partition coefficient (Wildman–Crippen LogP) is 4.13. The van der Waals surface area contributed by atoms with Crippen molar-refractivity contribution in [1.29, 1.82) is 0 Å². The second kappa shape index (κ2) is 3.96. The van der Waals surface area contributed by atoms with E-state index in [2.05, 4.69) is 25.9 Å². The summed E-state index contributed by atoms with van der Waals surface area (Å²) >= 11 is 3.17. The fraction of sp³-hybridized carbons (Fsp3) is 0. The summed E-state index contributed by atoms with van der Waals surface area (Å²) in [6, 6.07) is 12.6. The molecule has 0 aliphatic carbocycles. The minimum absolute atomic E-state index is 0.273. The van der Waals surface area contributed by atoms with Crippen molar-refractivity contribution in [2.45, 2.75) is 0 Å². The first-order chi connectivity index (χ1) is 8.24. The van der Waals surface area contributed by atoms with Crippen LogP contribution in [0, 0.1) is 5.82 Å². The molecule has 1 aromatic heterocycles. The third-order valence-corrected chi connectivity index (χ3v) is 3.19. The number of benzene rings is 2. The van der Waals surface area contributed by atoms with Crippen molar-refractivity contribution in [3.8, 4) is 11.4 Å². The Labute approximate surface area is 106 Å². The molecule has 0 unspecified atom stereocenters. The lowest BCUT2D eigenvalue weighted by molar-refractivity contribution is 0.621. The van der Waals surface area contributed by atoms with Gasteiger partial charge in [-0.1, -0.05) is 12.1 Å². The van der Waals surface area contributed by atoms with Crippen molar-refractivity contribution in [2.24, 2.45) is 0 Å². The zero-order valence-electron chi connectivity index (χ0n) is 8.74. The zero-order chi connectivity index (χ0) is 11.8. The molecule has 0 aliphatic heterocycles. The van der Waals surface area contributed by atoms with Crippen LogP contribution in [0.3, 0.4) is 0 Å². The molecule has 0 amide bonds. The molecule has 0 bridgehead atoms. The van der Waals surface area contributed by atoms with Crippen LogP contribution < -0.4 is 0 Å². The molecule has 0 aliphatic rings. The summed E-state index contributed by atoms with van der Waals surface area (Å²) in [7, 11) is 0. The third kappa shape index (κ3) is 1.85. The molecule has 2 aromatic carbocycles. The van der Waals surface area contributed by atoms with E-state index in [4.69, 9.17) is 0 Å². The molecule has 0 fully saturated rings. The number of halogens is 2. The van der Waals surface area contributed by atoms with E-state index in [1.807, 2.05) is 24.3 Å². The van der Waals surface area contributed by atoms with Crippen LogP contribution in [-0.4, -0.2) is 9.97 Å². The number of aromatic amines is 1. The van der Waals surface area contributed by atoms with Crippen LogP contribution in [0.2, 0.25) is 0 Å². The largest absolute Gasteiger partial charge is 0.338 e. The van der Waals surface area contributed by atoms with Gasteiger partial charge in [0.25, 0.3) is 0 Å². The zero-order valence-corrected chi connectivity index (χ0v) is 10.3. The highest BCUT2D eigenvalue weighted by atomic mass is 79.9. The van der Waals surface area contributed by atoms with Crippen molar-refractivity contribution < 1.29 is 4.39 Å². The highest BCUT2D eigenvalue weighted by Crippen LogP contribution is 2.25. The van der Waals surface area contributed by atoms with Crippen molar-refractivity contribution in [3.05, 3.63) is 52.8 Å². The number of aromatic nitrogens is 2. The Morgan fingerprint density at radius 3 is 2.71 bits per heavy atom. The van der Waals surface area contributed by atoms with E-state index in [0.29, 0.717) is 4.47 Å². The summed E-state index contributed by atoms with van der Waals surface area (Å²) in [4.78, 5) is 7.66. The standard InChI is InChI=1S/C13H8BrFN2/c14-9-7-8(5-6-10(9)15)13-16-11-3-1-2-4-12(11)17-13/h1-7H,(H,16,17). The molecule has 1 heterocycles. The van der Waals surface area contributed by atoms with Gasteiger partial charge in [-0.15, -0.1) is 0 Å². The van der Waals surface area contributed by atoms with Crippen LogP contribution in [0.1, 0.15) is 0 Å². The van der Waals surface area contributed by atoms with Crippen LogP contribution in [0.25, 0.3) is 22.4 Å². The third-order valence-electron chi connectivity index (χ3n) is 2.58. The van der Waals surface area contributed by atoms with E-state index in [1.165, 1.54) is 6.07 Å². The van der Waals surface area contributed by atoms with E-state index >= 15 is 0 Å². The van der Waals surface area contributed by atoms with Gasteiger partial charge in [0.05, 0.1) is 15.5 Å². The number of nitrogens with one attached hydrogen (secondary N) is 1. The smallest absolute Gasteiger partial charge is 0.138 e. The summed E-state index contributed by atoms with van der Waals surface area (Å²) in [5.41, 5.74) is 2.74. The molecule has 0 saturated heterocycles. The average Bonchev–Trinajstić information content (AvgIpc) is 2.76. The second-order valence-corrected chi connectivity index (χ2v) is 4.59. The number of nitrogens with zero attached hydrogens (tertiary/aromatic N) is 1. The minimum Gasteiger partial charge on any atom is -0.338 e. The summed E-state index contributed by atoms with van der Waals surface area (Å²) in [6.45, 7) is 0. The number of hydrogen-bond acceptors (Lipinski definition) is 1. The molecular weight excluding hydrogens is 283 g/mol. The number of hydrogen-bond donors (Lipinski definition) is 1. The Hall–Kier alpha value is -1.68. The van der Waals surface area contributed by atoms with Gasteiger partial charge in [0, 0.05) is 5.56 Å². The quantitative estimate of drug-likeness (QED) is 0.717. The average molecular weight is 291 g/mol. The van der Waals surface area contributed by atoms with E-state index in [9.17, 15) is 4.39 Å². The number of H-pyrrole nitrogens is 1. The van der Waals surface area contributed by atoms with Gasteiger partial charge in [-0.3, -0.25) is 0 Å². The maximum atomic E-state index is 13.1. The first kappa shape index (κ1) is 10.5. The Morgan fingerprint density at radius 1 is 1.12 bits per heavy atom. The van der Waals surface area contributed by atoms with E-state index < -0.39 is 0 Å². The maximum Gasteiger partial charge on any atom is 0.138 e.